The Morgan fingerprint density at radius 2 is 1.85 bits per heavy atom. The highest BCUT2D eigenvalue weighted by atomic mass is 79.9. The number of hydrogen-bond acceptors (Lipinski definition) is 2. The van der Waals surface area contributed by atoms with Crippen molar-refractivity contribution in [2.75, 3.05) is 7.05 Å². The second-order valence-electron chi connectivity index (χ2n) is 4.86. The molecule has 1 aromatic heterocycles. The first-order chi connectivity index (χ1) is 9.76. The minimum atomic E-state index is 0.369. The third kappa shape index (κ3) is 2.95. The molecule has 0 aliphatic rings. The topological polar surface area (TPSA) is 12.0 Å². The number of hydrogen-bond donors (Lipinski definition) is 1. The molecule has 0 bridgehead atoms. The van der Waals surface area contributed by atoms with E-state index in [9.17, 15) is 0 Å². The van der Waals surface area contributed by atoms with Gasteiger partial charge in [-0.25, -0.2) is 0 Å². The van der Waals surface area contributed by atoms with E-state index in [1.54, 1.807) is 0 Å². The van der Waals surface area contributed by atoms with Crippen molar-refractivity contribution < 1.29 is 0 Å². The Morgan fingerprint density at radius 3 is 2.55 bits per heavy atom. The quantitative estimate of drug-likeness (QED) is 0.687. The number of halogens is 1. The average Bonchev–Trinajstić information content (AvgIpc) is 2.90. The van der Waals surface area contributed by atoms with Crippen molar-refractivity contribution in [3.63, 3.8) is 0 Å². The Labute approximate surface area is 131 Å². The summed E-state index contributed by atoms with van der Waals surface area (Å²) in [6, 6.07) is 19.8. The zero-order valence-corrected chi connectivity index (χ0v) is 13.7. The molecule has 0 saturated heterocycles. The lowest BCUT2D eigenvalue weighted by Crippen LogP contribution is -2.17. The van der Waals surface area contributed by atoms with Gasteiger partial charge in [0.05, 0.1) is 0 Å². The molecule has 102 valence electrons. The molecule has 0 fully saturated rings. The number of benzene rings is 2. The Bertz CT molecular complexity index is 669. The second-order valence-corrected chi connectivity index (χ2v) is 6.89. The van der Waals surface area contributed by atoms with Crippen LogP contribution in [0.5, 0.6) is 0 Å². The Kier molecular flexibility index (Phi) is 4.20. The van der Waals surface area contributed by atoms with Crippen LogP contribution in [0.15, 0.2) is 59.1 Å². The maximum atomic E-state index is 3.48. The molecule has 3 aromatic rings. The van der Waals surface area contributed by atoms with Gasteiger partial charge in [0.1, 0.15) is 0 Å². The SMILES string of the molecule is CNC(Cc1ccc(Br)cc1)c1cc2ccccc2s1. The van der Waals surface area contributed by atoms with Crippen molar-refractivity contribution in [3.8, 4) is 0 Å². The molecule has 0 aliphatic carbocycles. The van der Waals surface area contributed by atoms with E-state index in [2.05, 4.69) is 75.8 Å². The average molecular weight is 346 g/mol. The first-order valence-corrected chi connectivity index (χ1v) is 8.27. The summed E-state index contributed by atoms with van der Waals surface area (Å²) >= 11 is 5.36. The van der Waals surface area contributed by atoms with Crippen LogP contribution in [0.3, 0.4) is 0 Å². The smallest absolute Gasteiger partial charge is 0.0453 e. The standard InChI is InChI=1S/C17H16BrNS/c1-19-15(10-12-6-8-14(18)9-7-12)17-11-13-4-2-3-5-16(13)20-17/h2-9,11,15,19H,10H2,1H3. The molecule has 0 saturated carbocycles. The zero-order chi connectivity index (χ0) is 13.9. The normalized spacial score (nSPS) is 12.7. The van der Waals surface area contributed by atoms with Crippen LogP contribution in [-0.4, -0.2) is 7.05 Å². The summed E-state index contributed by atoms with van der Waals surface area (Å²) < 4.78 is 2.49. The zero-order valence-electron chi connectivity index (χ0n) is 11.3. The lowest BCUT2D eigenvalue weighted by Gasteiger charge is -2.14. The predicted molar refractivity (Wildman–Crippen MR) is 91.5 cm³/mol. The van der Waals surface area contributed by atoms with Gasteiger partial charge in [0.15, 0.2) is 0 Å². The summed E-state index contributed by atoms with van der Waals surface area (Å²) in [4.78, 5) is 1.40. The van der Waals surface area contributed by atoms with Crippen molar-refractivity contribution in [2.45, 2.75) is 12.5 Å². The minimum absolute atomic E-state index is 0.369. The third-order valence-electron chi connectivity index (χ3n) is 3.49. The van der Waals surface area contributed by atoms with E-state index >= 15 is 0 Å². The fourth-order valence-corrected chi connectivity index (χ4v) is 3.81. The maximum absolute atomic E-state index is 3.48. The van der Waals surface area contributed by atoms with Crippen LogP contribution in [0.25, 0.3) is 10.1 Å². The van der Waals surface area contributed by atoms with E-state index in [4.69, 9.17) is 0 Å². The molecule has 20 heavy (non-hydrogen) atoms. The van der Waals surface area contributed by atoms with Gasteiger partial charge in [0.25, 0.3) is 0 Å². The lowest BCUT2D eigenvalue weighted by molar-refractivity contribution is 0.602. The number of rotatable bonds is 4. The number of fused-ring (bicyclic) bond motifs is 1. The van der Waals surface area contributed by atoms with Gasteiger partial charge in [-0.3, -0.25) is 0 Å². The van der Waals surface area contributed by atoms with E-state index in [1.807, 2.05) is 18.4 Å². The van der Waals surface area contributed by atoms with Crippen molar-refractivity contribution in [2.24, 2.45) is 0 Å². The molecule has 0 amide bonds. The van der Waals surface area contributed by atoms with Gasteiger partial charge < -0.3 is 5.32 Å². The van der Waals surface area contributed by atoms with Gasteiger partial charge in [-0.15, -0.1) is 11.3 Å². The predicted octanol–water partition coefficient (Wildman–Crippen LogP) is 5.17. The number of likely N-dealkylation sites (N-methyl/N-ethyl adjacent to an activating group) is 1. The van der Waals surface area contributed by atoms with Crippen LogP contribution in [0.1, 0.15) is 16.5 Å². The van der Waals surface area contributed by atoms with Crippen molar-refractivity contribution >= 4 is 37.4 Å². The van der Waals surface area contributed by atoms with Gasteiger partial charge in [-0.2, -0.15) is 0 Å². The molecular weight excluding hydrogens is 330 g/mol. The second kappa shape index (κ2) is 6.08. The van der Waals surface area contributed by atoms with E-state index in [-0.39, 0.29) is 0 Å². The molecule has 2 aromatic carbocycles. The molecule has 1 unspecified atom stereocenters. The summed E-state index contributed by atoms with van der Waals surface area (Å²) in [6.07, 6.45) is 1.01. The molecule has 0 radical (unpaired) electrons. The maximum Gasteiger partial charge on any atom is 0.0453 e. The van der Waals surface area contributed by atoms with Crippen molar-refractivity contribution in [3.05, 3.63) is 69.5 Å². The van der Waals surface area contributed by atoms with Gasteiger partial charge >= 0.3 is 0 Å². The lowest BCUT2D eigenvalue weighted by atomic mass is 10.0. The van der Waals surface area contributed by atoms with Crippen molar-refractivity contribution in [1.29, 1.82) is 0 Å². The summed E-state index contributed by atoms with van der Waals surface area (Å²) in [7, 11) is 2.04. The highest BCUT2D eigenvalue weighted by Gasteiger charge is 2.13. The highest BCUT2D eigenvalue weighted by Crippen LogP contribution is 2.31. The molecule has 1 nitrogen and oxygen atoms in total. The van der Waals surface area contributed by atoms with Crippen LogP contribution in [0.2, 0.25) is 0 Å². The summed E-state index contributed by atoms with van der Waals surface area (Å²) in [5, 5.41) is 4.78. The fraction of sp³-hybridized carbons (Fsp3) is 0.176. The Morgan fingerprint density at radius 1 is 1.10 bits per heavy atom. The third-order valence-corrected chi connectivity index (χ3v) is 5.25. The van der Waals surface area contributed by atoms with Crippen molar-refractivity contribution in [1.82, 2.24) is 5.32 Å². The molecular formula is C17H16BrNS. The van der Waals surface area contributed by atoms with E-state index in [1.165, 1.54) is 20.5 Å². The molecule has 1 heterocycles. The first kappa shape index (κ1) is 13.8. The molecule has 1 N–H and O–H groups in total. The van der Waals surface area contributed by atoms with E-state index in [0.717, 1.165) is 10.9 Å². The molecule has 3 rings (SSSR count). The van der Waals surface area contributed by atoms with Crippen LogP contribution in [0, 0.1) is 0 Å². The van der Waals surface area contributed by atoms with Gasteiger partial charge in [-0.1, -0.05) is 46.3 Å². The fourth-order valence-electron chi connectivity index (χ4n) is 2.38. The van der Waals surface area contributed by atoms with Crippen LogP contribution in [0.4, 0.5) is 0 Å². The highest BCUT2D eigenvalue weighted by molar-refractivity contribution is 9.10. The van der Waals surface area contributed by atoms with Crippen LogP contribution < -0.4 is 5.32 Å². The van der Waals surface area contributed by atoms with Gasteiger partial charge in [0.2, 0.25) is 0 Å². The molecule has 1 atom stereocenters. The molecule has 0 spiro atoms. The summed E-state index contributed by atoms with van der Waals surface area (Å²) in [6.45, 7) is 0. The molecule has 3 heteroatoms. The number of nitrogens with one attached hydrogen (secondary N) is 1. The number of thiophene rings is 1. The largest absolute Gasteiger partial charge is 0.312 e. The minimum Gasteiger partial charge on any atom is -0.312 e. The first-order valence-electron chi connectivity index (χ1n) is 6.66. The van der Waals surface area contributed by atoms with Crippen LogP contribution >= 0.6 is 27.3 Å². The Hall–Kier alpha value is -1.16. The van der Waals surface area contributed by atoms with Crippen LogP contribution in [-0.2, 0) is 6.42 Å². The van der Waals surface area contributed by atoms with E-state index < -0.39 is 0 Å². The summed E-state index contributed by atoms with van der Waals surface area (Å²) in [5.74, 6) is 0. The molecule has 0 aliphatic heterocycles. The Balaban J connectivity index is 1.87. The monoisotopic (exact) mass is 345 g/mol. The van der Waals surface area contributed by atoms with Gasteiger partial charge in [0, 0.05) is 20.1 Å². The van der Waals surface area contributed by atoms with Gasteiger partial charge in [-0.05, 0) is 48.7 Å². The van der Waals surface area contributed by atoms with E-state index in [0.29, 0.717) is 6.04 Å². The summed E-state index contributed by atoms with van der Waals surface area (Å²) in [5.41, 5.74) is 1.35.